The van der Waals surface area contributed by atoms with Crippen molar-refractivity contribution in [3.8, 4) is 0 Å². The fraction of sp³-hybridized carbons (Fsp3) is 0.500. The van der Waals surface area contributed by atoms with Gasteiger partial charge >= 0.3 is 12.0 Å². The first-order chi connectivity index (χ1) is 9.04. The molecule has 0 saturated carbocycles. The molecule has 0 spiro atoms. The molecule has 7 heteroatoms. The lowest BCUT2D eigenvalue weighted by molar-refractivity contribution is 0.0601. The molecule has 2 rings (SSSR count). The average Bonchev–Trinajstić information content (AvgIpc) is 2.75. The number of fused-ring (bicyclic) bond motifs is 1. The number of amides is 2. The van der Waals surface area contributed by atoms with Crippen molar-refractivity contribution in [3.05, 3.63) is 16.0 Å². The van der Waals surface area contributed by atoms with Gasteiger partial charge in [-0.15, -0.1) is 11.3 Å². The summed E-state index contributed by atoms with van der Waals surface area (Å²) < 4.78 is 4.83. The van der Waals surface area contributed by atoms with Crippen LogP contribution in [0.5, 0.6) is 0 Å². The molecule has 2 heterocycles. The molecular weight excluding hydrogens is 266 g/mol. The predicted octanol–water partition coefficient (Wildman–Crippen LogP) is 1.27. The summed E-state index contributed by atoms with van der Waals surface area (Å²) in [5.41, 5.74) is 1.49. The Morgan fingerprint density at radius 3 is 2.79 bits per heavy atom. The second kappa shape index (κ2) is 5.58. The van der Waals surface area contributed by atoms with E-state index in [4.69, 9.17) is 4.74 Å². The summed E-state index contributed by atoms with van der Waals surface area (Å²) in [6.45, 7) is 1.55. The van der Waals surface area contributed by atoms with Crippen molar-refractivity contribution in [1.82, 2.24) is 10.2 Å². The largest absolute Gasteiger partial charge is 0.465 e. The van der Waals surface area contributed by atoms with E-state index in [2.05, 4.69) is 10.6 Å². The van der Waals surface area contributed by atoms with Crippen LogP contribution in [0.15, 0.2) is 0 Å². The van der Waals surface area contributed by atoms with Crippen LogP contribution in [0, 0.1) is 0 Å². The zero-order valence-electron chi connectivity index (χ0n) is 11.2. The molecule has 0 aliphatic carbocycles. The van der Waals surface area contributed by atoms with Gasteiger partial charge in [-0.25, -0.2) is 9.59 Å². The third-order valence-electron chi connectivity index (χ3n) is 2.94. The van der Waals surface area contributed by atoms with Gasteiger partial charge < -0.3 is 15.0 Å². The number of esters is 1. The van der Waals surface area contributed by atoms with Crippen molar-refractivity contribution in [2.75, 3.05) is 33.1 Å². The van der Waals surface area contributed by atoms with Crippen LogP contribution in [0.4, 0.5) is 9.80 Å². The van der Waals surface area contributed by atoms with E-state index in [-0.39, 0.29) is 6.03 Å². The Kier molecular flexibility index (Phi) is 4.06. The maximum Gasteiger partial charge on any atom is 0.341 e. The van der Waals surface area contributed by atoms with Gasteiger partial charge in [0.1, 0.15) is 5.00 Å². The third kappa shape index (κ3) is 2.71. The maximum absolute atomic E-state index is 11.9. The second-order valence-electron chi connectivity index (χ2n) is 4.45. The molecule has 0 fully saturated rings. The summed E-state index contributed by atoms with van der Waals surface area (Å²) in [5.74, 6) is -0.395. The fourth-order valence-corrected chi connectivity index (χ4v) is 3.14. The van der Waals surface area contributed by atoms with Gasteiger partial charge in [0.25, 0.3) is 0 Å². The van der Waals surface area contributed by atoms with Crippen LogP contribution in [-0.4, -0.2) is 44.7 Å². The SMILES string of the molecule is COC(=O)c1c(NC(=O)N(C)C)sc2c1CCNC2. The van der Waals surface area contributed by atoms with Crippen molar-refractivity contribution in [1.29, 1.82) is 0 Å². The van der Waals surface area contributed by atoms with Gasteiger partial charge in [-0.2, -0.15) is 0 Å². The summed E-state index contributed by atoms with van der Waals surface area (Å²) in [6.07, 6.45) is 0.772. The highest BCUT2D eigenvalue weighted by Gasteiger charge is 2.26. The second-order valence-corrected chi connectivity index (χ2v) is 5.56. The molecule has 0 radical (unpaired) electrons. The fourth-order valence-electron chi connectivity index (χ4n) is 1.95. The molecule has 2 amide bonds. The lowest BCUT2D eigenvalue weighted by Crippen LogP contribution is -2.28. The number of urea groups is 1. The molecule has 1 aliphatic heterocycles. The number of nitrogens with one attached hydrogen (secondary N) is 2. The van der Waals surface area contributed by atoms with Gasteiger partial charge in [0.2, 0.25) is 0 Å². The van der Waals surface area contributed by atoms with Gasteiger partial charge in [0.15, 0.2) is 0 Å². The molecule has 0 atom stereocenters. The van der Waals surface area contributed by atoms with Crippen LogP contribution in [0.3, 0.4) is 0 Å². The van der Waals surface area contributed by atoms with Crippen LogP contribution < -0.4 is 10.6 Å². The molecule has 1 aromatic rings. The zero-order valence-corrected chi connectivity index (χ0v) is 12.0. The summed E-state index contributed by atoms with van der Waals surface area (Å²) in [5, 5.41) is 6.58. The van der Waals surface area contributed by atoms with Crippen molar-refractivity contribution in [2.45, 2.75) is 13.0 Å². The van der Waals surface area contributed by atoms with Gasteiger partial charge in [-0.3, -0.25) is 5.32 Å². The van der Waals surface area contributed by atoms with Crippen LogP contribution in [0.2, 0.25) is 0 Å². The third-order valence-corrected chi connectivity index (χ3v) is 4.09. The monoisotopic (exact) mass is 283 g/mol. The molecule has 104 valence electrons. The van der Waals surface area contributed by atoms with Crippen LogP contribution >= 0.6 is 11.3 Å². The first-order valence-electron chi connectivity index (χ1n) is 5.96. The number of nitrogens with zero attached hydrogens (tertiary/aromatic N) is 1. The highest BCUT2D eigenvalue weighted by Crippen LogP contribution is 2.35. The van der Waals surface area contributed by atoms with Gasteiger partial charge in [0, 0.05) is 25.5 Å². The smallest absolute Gasteiger partial charge is 0.341 e. The van der Waals surface area contributed by atoms with E-state index in [0.29, 0.717) is 10.6 Å². The van der Waals surface area contributed by atoms with Gasteiger partial charge in [-0.05, 0) is 18.5 Å². The normalized spacial score (nSPS) is 13.6. The van der Waals surface area contributed by atoms with E-state index in [1.54, 1.807) is 14.1 Å². The average molecular weight is 283 g/mol. The molecule has 0 saturated heterocycles. The Labute approximate surface area is 115 Å². The quantitative estimate of drug-likeness (QED) is 0.802. The topological polar surface area (TPSA) is 70.7 Å². The van der Waals surface area contributed by atoms with Crippen LogP contribution in [0.1, 0.15) is 20.8 Å². The summed E-state index contributed by atoms with van der Waals surface area (Å²) in [4.78, 5) is 26.2. The first-order valence-corrected chi connectivity index (χ1v) is 6.78. The molecule has 0 unspecified atom stereocenters. The van der Waals surface area contributed by atoms with Crippen LogP contribution in [0.25, 0.3) is 0 Å². The molecule has 0 bridgehead atoms. The number of hydrogen-bond donors (Lipinski definition) is 2. The Hall–Kier alpha value is -1.60. The van der Waals surface area contributed by atoms with Crippen molar-refractivity contribution >= 4 is 28.3 Å². The molecule has 19 heavy (non-hydrogen) atoms. The first kappa shape index (κ1) is 13.8. The zero-order chi connectivity index (χ0) is 14.0. The minimum absolute atomic E-state index is 0.253. The van der Waals surface area contributed by atoms with E-state index < -0.39 is 5.97 Å². The van der Waals surface area contributed by atoms with Crippen LogP contribution in [-0.2, 0) is 17.7 Å². The minimum atomic E-state index is -0.395. The minimum Gasteiger partial charge on any atom is -0.465 e. The lowest BCUT2D eigenvalue weighted by atomic mass is 10.0. The number of ether oxygens (including phenoxy) is 1. The molecule has 1 aliphatic rings. The summed E-state index contributed by atoms with van der Waals surface area (Å²) >= 11 is 1.43. The molecule has 2 N–H and O–H groups in total. The summed E-state index contributed by atoms with van der Waals surface area (Å²) in [6, 6.07) is -0.253. The standard InChI is InChI=1S/C12H17N3O3S/c1-15(2)12(17)14-10-9(11(16)18-3)7-4-5-13-6-8(7)19-10/h13H,4-6H2,1-3H3,(H,14,17). The maximum atomic E-state index is 11.9. The number of thiophene rings is 1. The Morgan fingerprint density at radius 1 is 1.42 bits per heavy atom. The Morgan fingerprint density at radius 2 is 2.16 bits per heavy atom. The number of carbonyl (C=O) groups is 2. The van der Waals surface area contributed by atoms with Gasteiger partial charge in [-0.1, -0.05) is 0 Å². The number of rotatable bonds is 2. The van der Waals surface area contributed by atoms with E-state index in [1.165, 1.54) is 23.3 Å². The van der Waals surface area contributed by atoms with E-state index in [0.717, 1.165) is 30.0 Å². The Balaban J connectivity index is 2.39. The Bertz CT molecular complexity index is 511. The molecule has 1 aromatic heterocycles. The number of anilines is 1. The molecule has 6 nitrogen and oxygen atoms in total. The van der Waals surface area contributed by atoms with E-state index >= 15 is 0 Å². The molecule has 0 aromatic carbocycles. The number of hydrogen-bond acceptors (Lipinski definition) is 5. The highest BCUT2D eigenvalue weighted by atomic mass is 32.1. The number of carbonyl (C=O) groups excluding carboxylic acids is 2. The predicted molar refractivity (Wildman–Crippen MR) is 73.8 cm³/mol. The van der Waals surface area contributed by atoms with Crippen molar-refractivity contribution < 1.29 is 14.3 Å². The van der Waals surface area contributed by atoms with E-state index in [9.17, 15) is 9.59 Å². The number of methoxy groups -OCH3 is 1. The van der Waals surface area contributed by atoms with E-state index in [1.807, 2.05) is 0 Å². The molecular formula is C12H17N3O3S. The van der Waals surface area contributed by atoms with Crippen molar-refractivity contribution in [3.63, 3.8) is 0 Å². The van der Waals surface area contributed by atoms with Crippen molar-refractivity contribution in [2.24, 2.45) is 0 Å². The summed E-state index contributed by atoms with van der Waals surface area (Å²) in [7, 11) is 4.66. The lowest BCUT2D eigenvalue weighted by Gasteiger charge is -2.14. The van der Waals surface area contributed by atoms with Gasteiger partial charge in [0.05, 0.1) is 12.7 Å². The highest BCUT2D eigenvalue weighted by molar-refractivity contribution is 7.17.